The average molecular weight is 282 g/mol. The lowest BCUT2D eigenvalue weighted by molar-refractivity contribution is -0.162. The zero-order valence-corrected chi connectivity index (χ0v) is 12.3. The first-order valence-corrected chi connectivity index (χ1v) is 8.12. The van der Waals surface area contributed by atoms with Crippen LogP contribution in [0.1, 0.15) is 26.2 Å². The Morgan fingerprint density at radius 2 is 2.16 bits per heavy atom. The Morgan fingerprint density at radius 3 is 2.89 bits per heavy atom. The molecule has 2 fully saturated rings. The van der Waals surface area contributed by atoms with Crippen LogP contribution < -0.4 is 0 Å². The van der Waals surface area contributed by atoms with Gasteiger partial charge in [-0.3, -0.25) is 9.59 Å². The minimum absolute atomic E-state index is 0.123. The van der Waals surface area contributed by atoms with E-state index in [0.29, 0.717) is 6.54 Å². The first kappa shape index (κ1) is 14.4. The van der Waals surface area contributed by atoms with E-state index in [9.17, 15) is 9.59 Å². The van der Waals surface area contributed by atoms with E-state index >= 15 is 0 Å². The van der Waals surface area contributed by atoms with E-state index in [1.165, 1.54) is 0 Å². The average Bonchev–Trinajstić information content (AvgIpc) is 2.44. The highest BCUT2D eigenvalue weighted by Crippen LogP contribution is 2.26. The number of carbonyl (C=O) groups is 2. The predicted molar refractivity (Wildman–Crippen MR) is 78.0 cm³/mol. The largest absolute Gasteiger partial charge is 0.329 e. The minimum atomic E-state index is -0.300. The second-order valence-corrected chi connectivity index (χ2v) is 6.26. The van der Waals surface area contributed by atoms with Crippen LogP contribution in [0, 0.1) is 0 Å². The van der Waals surface area contributed by atoms with Gasteiger partial charge in [-0.05, 0) is 26.2 Å². The van der Waals surface area contributed by atoms with Crippen molar-refractivity contribution in [2.75, 3.05) is 24.6 Å². The number of nitrogens with zero attached hydrogens (tertiary/aromatic N) is 2. The SMILES string of the molecule is C=CCSCCN1C(=O)C2CCCCN2C(=O)C1C. The van der Waals surface area contributed by atoms with Gasteiger partial charge in [0.15, 0.2) is 0 Å². The molecule has 0 aromatic heterocycles. The van der Waals surface area contributed by atoms with Crippen LogP contribution in [0.3, 0.4) is 0 Å². The molecule has 2 aliphatic heterocycles. The highest BCUT2D eigenvalue weighted by Gasteiger charge is 2.44. The number of piperazine rings is 1. The summed E-state index contributed by atoms with van der Waals surface area (Å²) in [7, 11) is 0. The molecule has 4 nitrogen and oxygen atoms in total. The van der Waals surface area contributed by atoms with Crippen LogP contribution >= 0.6 is 11.8 Å². The van der Waals surface area contributed by atoms with Gasteiger partial charge < -0.3 is 9.80 Å². The van der Waals surface area contributed by atoms with Gasteiger partial charge in [0.05, 0.1) is 0 Å². The van der Waals surface area contributed by atoms with Crippen LogP contribution in [0.2, 0.25) is 0 Å². The monoisotopic (exact) mass is 282 g/mol. The highest BCUT2D eigenvalue weighted by atomic mass is 32.2. The van der Waals surface area contributed by atoms with Crippen LogP contribution in [0.5, 0.6) is 0 Å². The molecule has 0 bridgehead atoms. The molecule has 19 heavy (non-hydrogen) atoms. The molecule has 2 rings (SSSR count). The molecule has 0 N–H and O–H groups in total. The van der Waals surface area contributed by atoms with Gasteiger partial charge in [0.25, 0.3) is 0 Å². The number of hydrogen-bond acceptors (Lipinski definition) is 3. The van der Waals surface area contributed by atoms with Gasteiger partial charge >= 0.3 is 0 Å². The van der Waals surface area contributed by atoms with Crippen molar-refractivity contribution in [3.05, 3.63) is 12.7 Å². The van der Waals surface area contributed by atoms with E-state index in [1.807, 2.05) is 13.0 Å². The Hall–Kier alpha value is -0.970. The molecule has 2 atom stereocenters. The van der Waals surface area contributed by atoms with Crippen LogP contribution in [0.15, 0.2) is 12.7 Å². The number of hydrogen-bond donors (Lipinski definition) is 0. The summed E-state index contributed by atoms with van der Waals surface area (Å²) in [6, 6.07) is -0.493. The van der Waals surface area contributed by atoms with Crippen LogP contribution in [0.4, 0.5) is 0 Å². The minimum Gasteiger partial charge on any atom is -0.329 e. The van der Waals surface area contributed by atoms with Crippen molar-refractivity contribution in [1.82, 2.24) is 9.80 Å². The quantitative estimate of drug-likeness (QED) is 0.567. The van der Waals surface area contributed by atoms with Crippen LogP contribution in [0.25, 0.3) is 0 Å². The summed E-state index contributed by atoms with van der Waals surface area (Å²) in [6.45, 7) is 6.94. The first-order chi connectivity index (χ1) is 9.16. The van der Waals surface area contributed by atoms with Crippen molar-refractivity contribution >= 4 is 23.6 Å². The number of amides is 2. The van der Waals surface area contributed by atoms with Gasteiger partial charge in [-0.1, -0.05) is 6.08 Å². The molecular formula is C14H22N2O2S. The van der Waals surface area contributed by atoms with E-state index in [4.69, 9.17) is 0 Å². The predicted octanol–water partition coefficient (Wildman–Crippen LogP) is 1.52. The van der Waals surface area contributed by atoms with Gasteiger partial charge in [0.1, 0.15) is 12.1 Å². The van der Waals surface area contributed by atoms with Crippen molar-refractivity contribution in [3.8, 4) is 0 Å². The standard InChI is InChI=1S/C14H22N2O2S/c1-3-9-19-10-8-15-11(2)13(17)16-7-5-4-6-12(16)14(15)18/h3,11-12H,1,4-10H2,2H3. The normalized spacial score (nSPS) is 27.4. The smallest absolute Gasteiger partial charge is 0.246 e. The number of piperidine rings is 1. The summed E-state index contributed by atoms with van der Waals surface area (Å²) in [6.07, 6.45) is 4.76. The molecule has 5 heteroatoms. The van der Waals surface area contributed by atoms with Crippen molar-refractivity contribution in [1.29, 1.82) is 0 Å². The number of thioether (sulfide) groups is 1. The van der Waals surface area contributed by atoms with Crippen molar-refractivity contribution in [2.24, 2.45) is 0 Å². The zero-order chi connectivity index (χ0) is 13.8. The van der Waals surface area contributed by atoms with Crippen molar-refractivity contribution in [3.63, 3.8) is 0 Å². The molecule has 2 unspecified atom stereocenters. The van der Waals surface area contributed by atoms with Gasteiger partial charge in [0, 0.05) is 24.6 Å². The molecule has 0 spiro atoms. The molecule has 2 amide bonds. The van der Waals surface area contributed by atoms with Crippen LogP contribution in [-0.4, -0.2) is 58.3 Å². The number of rotatable bonds is 5. The Labute approximate surface area is 119 Å². The lowest BCUT2D eigenvalue weighted by Crippen LogP contribution is -2.65. The van der Waals surface area contributed by atoms with Gasteiger partial charge in [-0.25, -0.2) is 0 Å². The Balaban J connectivity index is 2.00. The van der Waals surface area contributed by atoms with Gasteiger partial charge in [0.2, 0.25) is 11.8 Å². The zero-order valence-electron chi connectivity index (χ0n) is 11.5. The fourth-order valence-corrected chi connectivity index (χ4v) is 3.50. The Bertz CT molecular complexity index is 372. The van der Waals surface area contributed by atoms with E-state index in [1.54, 1.807) is 21.6 Å². The summed E-state index contributed by atoms with van der Waals surface area (Å²) in [5.74, 6) is 2.02. The molecule has 2 heterocycles. The maximum absolute atomic E-state index is 12.5. The van der Waals surface area contributed by atoms with Crippen LogP contribution in [-0.2, 0) is 9.59 Å². The maximum Gasteiger partial charge on any atom is 0.246 e. The molecule has 0 aliphatic carbocycles. The first-order valence-electron chi connectivity index (χ1n) is 6.96. The number of carbonyl (C=O) groups excluding carboxylic acids is 2. The lowest BCUT2D eigenvalue weighted by atomic mass is 9.96. The van der Waals surface area contributed by atoms with Crippen molar-refractivity contribution < 1.29 is 9.59 Å². The topological polar surface area (TPSA) is 40.6 Å². The maximum atomic E-state index is 12.5. The second kappa shape index (κ2) is 6.46. The van der Waals surface area contributed by atoms with E-state index in [2.05, 4.69) is 6.58 Å². The Morgan fingerprint density at radius 1 is 1.37 bits per heavy atom. The second-order valence-electron chi connectivity index (χ2n) is 5.11. The summed E-state index contributed by atoms with van der Waals surface area (Å²) in [5.41, 5.74) is 0. The molecule has 0 saturated carbocycles. The fraction of sp³-hybridized carbons (Fsp3) is 0.714. The van der Waals surface area contributed by atoms with E-state index in [-0.39, 0.29) is 23.9 Å². The van der Waals surface area contributed by atoms with E-state index < -0.39 is 0 Å². The summed E-state index contributed by atoms with van der Waals surface area (Å²) in [5, 5.41) is 0. The molecule has 106 valence electrons. The molecule has 2 saturated heterocycles. The highest BCUT2D eigenvalue weighted by molar-refractivity contribution is 7.99. The lowest BCUT2D eigenvalue weighted by Gasteiger charge is -2.46. The molecule has 0 aromatic carbocycles. The molecule has 0 radical (unpaired) electrons. The van der Waals surface area contributed by atoms with E-state index in [0.717, 1.165) is 37.3 Å². The van der Waals surface area contributed by atoms with Gasteiger partial charge in [-0.2, -0.15) is 11.8 Å². The third kappa shape index (κ3) is 2.96. The van der Waals surface area contributed by atoms with Gasteiger partial charge in [-0.15, -0.1) is 6.58 Å². The summed E-state index contributed by atoms with van der Waals surface area (Å²) >= 11 is 1.74. The van der Waals surface area contributed by atoms with Crippen molar-refractivity contribution in [2.45, 2.75) is 38.3 Å². The molecular weight excluding hydrogens is 260 g/mol. The molecule has 2 aliphatic rings. The third-order valence-electron chi connectivity index (χ3n) is 3.89. The molecule has 0 aromatic rings. The third-order valence-corrected chi connectivity index (χ3v) is 4.83. The number of fused-ring (bicyclic) bond motifs is 1. The summed E-state index contributed by atoms with van der Waals surface area (Å²) in [4.78, 5) is 28.4. The fourth-order valence-electron chi connectivity index (χ4n) is 2.84. The summed E-state index contributed by atoms with van der Waals surface area (Å²) < 4.78 is 0. The Kier molecular flexibility index (Phi) is 4.91.